The molecule has 0 amide bonds. The van der Waals surface area contributed by atoms with Gasteiger partial charge in [-0.2, -0.15) is 0 Å². The lowest BCUT2D eigenvalue weighted by Crippen LogP contribution is -2.45. The van der Waals surface area contributed by atoms with Crippen LogP contribution in [0.25, 0.3) is 0 Å². The normalized spacial score (nSPS) is 25.3. The van der Waals surface area contributed by atoms with E-state index >= 15 is 0 Å². The van der Waals surface area contributed by atoms with Crippen LogP contribution in [0, 0.1) is 0 Å². The number of nitrogens with one attached hydrogen (secondary N) is 1. The Labute approximate surface area is 110 Å². The van der Waals surface area contributed by atoms with Crippen molar-refractivity contribution in [3.8, 4) is 0 Å². The Balaban J connectivity index is 1.61. The van der Waals surface area contributed by atoms with Gasteiger partial charge in [-0.05, 0) is 12.8 Å². The van der Waals surface area contributed by atoms with Crippen LogP contribution in [0.2, 0.25) is 0 Å². The smallest absolute Gasteiger partial charge is 0.157 e. The van der Waals surface area contributed by atoms with Gasteiger partial charge in [0.15, 0.2) is 5.17 Å². The van der Waals surface area contributed by atoms with Crippen molar-refractivity contribution in [1.29, 1.82) is 0 Å². The molecule has 1 aliphatic heterocycles. The average molecular weight is 267 g/mol. The Morgan fingerprint density at radius 2 is 2.24 bits per heavy atom. The number of aliphatic imine (C=N–C) groups is 1. The van der Waals surface area contributed by atoms with Crippen LogP contribution in [0.5, 0.6) is 0 Å². The molecule has 0 atom stereocenters. The van der Waals surface area contributed by atoms with Gasteiger partial charge in [0, 0.05) is 16.7 Å². The number of rotatable bonds is 2. The lowest BCUT2D eigenvalue weighted by molar-refractivity contribution is 0.303. The fraction of sp³-hybridized carbons (Fsp3) is 0.667. The highest BCUT2D eigenvalue weighted by Gasteiger charge is 2.37. The molecule has 1 N–H and O–H groups in total. The van der Waals surface area contributed by atoms with E-state index in [-0.39, 0.29) is 0 Å². The minimum atomic E-state index is 0.365. The molecule has 0 aromatic carbocycles. The quantitative estimate of drug-likeness (QED) is 0.895. The van der Waals surface area contributed by atoms with Gasteiger partial charge in [0.2, 0.25) is 0 Å². The molecule has 2 fully saturated rings. The third-order valence-corrected chi connectivity index (χ3v) is 5.37. The van der Waals surface area contributed by atoms with Crippen LogP contribution in [0.15, 0.2) is 15.9 Å². The van der Waals surface area contributed by atoms with E-state index in [9.17, 15) is 0 Å². The van der Waals surface area contributed by atoms with E-state index in [0.717, 1.165) is 17.4 Å². The Morgan fingerprint density at radius 1 is 1.35 bits per heavy atom. The SMILES string of the molecule is c1nc(CN=C2NC3(CCCCC3)CS2)cs1. The van der Waals surface area contributed by atoms with Crippen LogP contribution in [-0.2, 0) is 6.54 Å². The zero-order valence-corrected chi connectivity index (χ0v) is 11.4. The number of nitrogens with zero attached hydrogens (tertiary/aromatic N) is 2. The zero-order chi connectivity index (χ0) is 11.6. The molecule has 3 rings (SSSR count). The van der Waals surface area contributed by atoms with Crippen molar-refractivity contribution in [3.63, 3.8) is 0 Å². The summed E-state index contributed by atoms with van der Waals surface area (Å²) in [5.74, 6) is 1.20. The van der Waals surface area contributed by atoms with Crippen molar-refractivity contribution in [2.45, 2.75) is 44.2 Å². The summed E-state index contributed by atoms with van der Waals surface area (Å²) in [5, 5.41) is 6.85. The second-order valence-corrected chi connectivity index (χ2v) is 6.54. The number of thioether (sulfide) groups is 1. The van der Waals surface area contributed by atoms with Crippen molar-refractivity contribution in [3.05, 3.63) is 16.6 Å². The molecule has 3 nitrogen and oxygen atoms in total. The van der Waals surface area contributed by atoms with Crippen LogP contribution in [-0.4, -0.2) is 21.4 Å². The molecule has 0 bridgehead atoms. The van der Waals surface area contributed by atoms with Crippen LogP contribution < -0.4 is 5.32 Å². The van der Waals surface area contributed by atoms with Gasteiger partial charge < -0.3 is 5.32 Å². The van der Waals surface area contributed by atoms with Gasteiger partial charge >= 0.3 is 0 Å². The third-order valence-electron chi connectivity index (χ3n) is 3.54. The molecule has 0 radical (unpaired) electrons. The lowest BCUT2D eigenvalue weighted by atomic mass is 9.83. The first-order valence-corrected chi connectivity index (χ1v) is 8.12. The lowest BCUT2D eigenvalue weighted by Gasteiger charge is -2.32. The summed E-state index contributed by atoms with van der Waals surface area (Å²) in [7, 11) is 0. The fourth-order valence-corrected chi connectivity index (χ4v) is 4.32. The van der Waals surface area contributed by atoms with Crippen LogP contribution in [0.4, 0.5) is 0 Å². The maximum absolute atomic E-state index is 4.63. The minimum Gasteiger partial charge on any atom is -0.359 e. The molecule has 92 valence electrons. The Hall–Kier alpha value is -0.550. The molecule has 2 heterocycles. The zero-order valence-electron chi connectivity index (χ0n) is 9.82. The van der Waals surface area contributed by atoms with Crippen molar-refractivity contribution in [2.24, 2.45) is 4.99 Å². The van der Waals surface area contributed by atoms with Gasteiger partial charge in [0.25, 0.3) is 0 Å². The second kappa shape index (κ2) is 4.98. The number of thiazole rings is 1. The molecule has 17 heavy (non-hydrogen) atoms. The number of amidine groups is 1. The summed E-state index contributed by atoms with van der Waals surface area (Å²) < 4.78 is 0. The molecule has 1 spiro atoms. The maximum atomic E-state index is 4.63. The molecular weight excluding hydrogens is 250 g/mol. The van der Waals surface area contributed by atoms with E-state index in [2.05, 4.69) is 20.7 Å². The monoisotopic (exact) mass is 267 g/mol. The molecule has 1 saturated carbocycles. The highest BCUT2D eigenvalue weighted by molar-refractivity contribution is 8.14. The first-order valence-electron chi connectivity index (χ1n) is 6.19. The number of aromatic nitrogens is 1. The van der Waals surface area contributed by atoms with Crippen molar-refractivity contribution < 1.29 is 0 Å². The summed E-state index contributed by atoms with van der Waals surface area (Å²) >= 11 is 3.52. The molecule has 1 aliphatic carbocycles. The van der Waals surface area contributed by atoms with E-state index in [1.165, 1.54) is 37.9 Å². The molecule has 1 aromatic heterocycles. The Bertz CT molecular complexity index is 394. The average Bonchev–Trinajstić information content (AvgIpc) is 2.98. The fourth-order valence-electron chi connectivity index (χ4n) is 2.56. The van der Waals surface area contributed by atoms with Gasteiger partial charge in [-0.15, -0.1) is 11.3 Å². The number of hydrogen-bond donors (Lipinski definition) is 1. The number of hydrogen-bond acceptors (Lipinski definition) is 4. The van der Waals surface area contributed by atoms with Crippen LogP contribution in [0.3, 0.4) is 0 Å². The molecule has 1 aromatic rings. The van der Waals surface area contributed by atoms with E-state index in [1.54, 1.807) is 11.3 Å². The van der Waals surface area contributed by atoms with E-state index in [1.807, 2.05) is 17.3 Å². The second-order valence-electron chi connectivity index (χ2n) is 4.86. The standard InChI is InChI=1S/C12H17N3S2/c1-2-4-12(5-3-1)8-17-11(15-12)13-6-10-7-16-9-14-10/h7,9H,1-6,8H2,(H,13,15). The summed E-state index contributed by atoms with van der Waals surface area (Å²) in [4.78, 5) is 8.88. The topological polar surface area (TPSA) is 37.3 Å². The highest BCUT2D eigenvalue weighted by atomic mass is 32.2. The summed E-state index contributed by atoms with van der Waals surface area (Å²) in [6, 6.07) is 0. The summed E-state index contributed by atoms with van der Waals surface area (Å²) in [6.07, 6.45) is 6.77. The highest BCUT2D eigenvalue weighted by Crippen LogP contribution is 2.36. The largest absolute Gasteiger partial charge is 0.359 e. The van der Waals surface area contributed by atoms with Crippen molar-refractivity contribution in [1.82, 2.24) is 10.3 Å². The van der Waals surface area contributed by atoms with Crippen molar-refractivity contribution >= 4 is 28.3 Å². The van der Waals surface area contributed by atoms with E-state index in [4.69, 9.17) is 0 Å². The Kier molecular flexibility index (Phi) is 3.38. The predicted molar refractivity (Wildman–Crippen MR) is 74.7 cm³/mol. The summed E-state index contributed by atoms with van der Waals surface area (Å²) in [5.41, 5.74) is 3.31. The minimum absolute atomic E-state index is 0.365. The molecular formula is C12H17N3S2. The molecule has 2 aliphatic rings. The molecule has 0 unspecified atom stereocenters. The predicted octanol–water partition coefficient (Wildman–Crippen LogP) is 3.04. The van der Waals surface area contributed by atoms with E-state index in [0.29, 0.717) is 5.54 Å². The van der Waals surface area contributed by atoms with Crippen molar-refractivity contribution in [2.75, 3.05) is 5.75 Å². The van der Waals surface area contributed by atoms with Crippen LogP contribution in [0.1, 0.15) is 37.8 Å². The van der Waals surface area contributed by atoms with E-state index < -0.39 is 0 Å². The van der Waals surface area contributed by atoms with Gasteiger partial charge in [-0.3, -0.25) is 4.99 Å². The first kappa shape index (κ1) is 11.5. The van der Waals surface area contributed by atoms with Gasteiger partial charge in [-0.25, -0.2) is 4.98 Å². The van der Waals surface area contributed by atoms with Gasteiger partial charge in [-0.1, -0.05) is 31.0 Å². The third kappa shape index (κ3) is 2.65. The first-order chi connectivity index (χ1) is 8.36. The van der Waals surface area contributed by atoms with Gasteiger partial charge in [0.05, 0.1) is 17.7 Å². The van der Waals surface area contributed by atoms with Gasteiger partial charge in [0.1, 0.15) is 0 Å². The maximum Gasteiger partial charge on any atom is 0.157 e. The molecule has 5 heteroatoms. The Morgan fingerprint density at radius 3 is 3.00 bits per heavy atom. The van der Waals surface area contributed by atoms with Crippen LogP contribution >= 0.6 is 23.1 Å². The summed E-state index contributed by atoms with van der Waals surface area (Å²) in [6.45, 7) is 0.717. The molecule has 1 saturated heterocycles.